The van der Waals surface area contributed by atoms with Gasteiger partial charge in [0, 0.05) is 13.0 Å². The van der Waals surface area contributed by atoms with E-state index < -0.39 is 6.03 Å². The topological polar surface area (TPSA) is 58.2 Å². The van der Waals surface area contributed by atoms with Crippen molar-refractivity contribution in [3.8, 4) is 0 Å². The molecule has 0 aliphatic carbocycles. The Bertz CT molecular complexity index is 143. The van der Waals surface area contributed by atoms with Gasteiger partial charge in [-0.25, -0.2) is 4.79 Å². The SMILES string of the molecule is CNC(=O)NC(=O)C(C)C. The molecule has 4 heteroatoms. The lowest BCUT2D eigenvalue weighted by molar-refractivity contribution is -0.122. The molecule has 0 fully saturated rings. The average Bonchev–Trinajstić information content (AvgIpc) is 1.87. The van der Waals surface area contributed by atoms with Crippen molar-refractivity contribution >= 4 is 11.9 Å². The zero-order chi connectivity index (χ0) is 8.15. The number of urea groups is 1. The van der Waals surface area contributed by atoms with E-state index in [0.717, 1.165) is 0 Å². The number of hydrogen-bond donors (Lipinski definition) is 2. The second-order valence-corrected chi connectivity index (χ2v) is 2.22. The molecular formula is C6H12N2O2. The molecule has 10 heavy (non-hydrogen) atoms. The minimum absolute atomic E-state index is 0.155. The van der Waals surface area contributed by atoms with Crippen molar-refractivity contribution in [2.45, 2.75) is 13.8 Å². The number of hydrogen-bond acceptors (Lipinski definition) is 2. The van der Waals surface area contributed by atoms with Gasteiger partial charge in [-0.15, -0.1) is 0 Å². The van der Waals surface area contributed by atoms with Gasteiger partial charge in [0.15, 0.2) is 0 Å². The Labute approximate surface area is 60.0 Å². The summed E-state index contributed by atoms with van der Waals surface area (Å²) in [4.78, 5) is 21.2. The van der Waals surface area contributed by atoms with E-state index in [-0.39, 0.29) is 11.8 Å². The van der Waals surface area contributed by atoms with E-state index in [4.69, 9.17) is 0 Å². The van der Waals surface area contributed by atoms with Crippen LogP contribution in [0.15, 0.2) is 0 Å². The number of imide groups is 1. The highest BCUT2D eigenvalue weighted by molar-refractivity contribution is 5.94. The zero-order valence-electron chi connectivity index (χ0n) is 6.39. The highest BCUT2D eigenvalue weighted by Crippen LogP contribution is 1.89. The third kappa shape index (κ3) is 3.06. The lowest BCUT2D eigenvalue weighted by Crippen LogP contribution is -2.39. The van der Waals surface area contributed by atoms with E-state index in [2.05, 4.69) is 10.6 Å². The van der Waals surface area contributed by atoms with Gasteiger partial charge in [-0.05, 0) is 0 Å². The maximum absolute atomic E-state index is 10.7. The van der Waals surface area contributed by atoms with E-state index in [0.29, 0.717) is 0 Å². The van der Waals surface area contributed by atoms with Gasteiger partial charge in [0.05, 0.1) is 0 Å². The smallest absolute Gasteiger partial charge is 0.321 e. The normalized spacial score (nSPS) is 9.20. The quantitative estimate of drug-likeness (QED) is 0.548. The van der Waals surface area contributed by atoms with E-state index in [1.54, 1.807) is 13.8 Å². The molecule has 0 aromatic carbocycles. The Balaban J connectivity index is 3.69. The van der Waals surface area contributed by atoms with Gasteiger partial charge in [-0.3, -0.25) is 10.1 Å². The molecule has 0 rings (SSSR count). The molecule has 2 N–H and O–H groups in total. The lowest BCUT2D eigenvalue weighted by Gasteiger charge is -2.04. The molecule has 0 heterocycles. The first kappa shape index (κ1) is 8.94. The maximum Gasteiger partial charge on any atom is 0.321 e. The lowest BCUT2D eigenvalue weighted by atomic mass is 10.2. The fourth-order valence-electron chi connectivity index (χ4n) is 0.319. The predicted molar refractivity (Wildman–Crippen MR) is 37.4 cm³/mol. The van der Waals surface area contributed by atoms with Crippen LogP contribution < -0.4 is 10.6 Å². The van der Waals surface area contributed by atoms with Crippen LogP contribution in [0.4, 0.5) is 4.79 Å². The number of amides is 3. The second-order valence-electron chi connectivity index (χ2n) is 2.22. The average molecular weight is 144 g/mol. The van der Waals surface area contributed by atoms with Crippen molar-refractivity contribution in [2.75, 3.05) is 7.05 Å². The zero-order valence-corrected chi connectivity index (χ0v) is 6.39. The van der Waals surface area contributed by atoms with E-state index in [1.165, 1.54) is 7.05 Å². The number of nitrogens with one attached hydrogen (secondary N) is 2. The van der Waals surface area contributed by atoms with Crippen molar-refractivity contribution in [3.63, 3.8) is 0 Å². The summed E-state index contributed by atoms with van der Waals surface area (Å²) in [6.45, 7) is 3.44. The van der Waals surface area contributed by atoms with Crippen molar-refractivity contribution in [2.24, 2.45) is 5.92 Å². The van der Waals surface area contributed by atoms with Crippen LogP contribution in [0, 0.1) is 5.92 Å². The first-order chi connectivity index (χ1) is 4.57. The van der Waals surface area contributed by atoms with Crippen LogP contribution in [0.3, 0.4) is 0 Å². The summed E-state index contributed by atoms with van der Waals surface area (Å²) in [5.41, 5.74) is 0. The van der Waals surface area contributed by atoms with Crippen LogP contribution in [0.1, 0.15) is 13.8 Å². The highest BCUT2D eigenvalue weighted by atomic mass is 16.2. The van der Waals surface area contributed by atoms with E-state index >= 15 is 0 Å². The molecule has 0 unspecified atom stereocenters. The number of carbonyl (C=O) groups is 2. The van der Waals surface area contributed by atoms with Gasteiger partial charge in [0.1, 0.15) is 0 Å². The number of carbonyl (C=O) groups excluding carboxylic acids is 2. The summed E-state index contributed by atoms with van der Waals surface area (Å²) in [6, 6.07) is -0.460. The van der Waals surface area contributed by atoms with Gasteiger partial charge in [-0.2, -0.15) is 0 Å². The Hall–Kier alpha value is -1.06. The summed E-state index contributed by atoms with van der Waals surface area (Å²) in [7, 11) is 1.46. The molecular weight excluding hydrogens is 132 g/mol. The fourth-order valence-corrected chi connectivity index (χ4v) is 0.319. The standard InChI is InChI=1S/C6H12N2O2/c1-4(2)5(9)8-6(10)7-3/h4H,1-3H3,(H2,7,8,9,10). The van der Waals surface area contributed by atoms with Crippen molar-refractivity contribution in [1.82, 2.24) is 10.6 Å². The monoisotopic (exact) mass is 144 g/mol. The third-order valence-corrected chi connectivity index (χ3v) is 0.988. The summed E-state index contributed by atoms with van der Waals surface area (Å²) < 4.78 is 0. The van der Waals surface area contributed by atoms with Crippen LogP contribution in [0.2, 0.25) is 0 Å². The third-order valence-electron chi connectivity index (χ3n) is 0.988. The molecule has 0 bridgehead atoms. The molecule has 0 aromatic heterocycles. The number of rotatable bonds is 1. The minimum atomic E-state index is -0.460. The molecule has 3 amide bonds. The van der Waals surface area contributed by atoms with E-state index in [1.807, 2.05) is 0 Å². The van der Waals surface area contributed by atoms with Gasteiger partial charge >= 0.3 is 6.03 Å². The van der Waals surface area contributed by atoms with Crippen molar-refractivity contribution in [1.29, 1.82) is 0 Å². The first-order valence-electron chi connectivity index (χ1n) is 3.10. The van der Waals surface area contributed by atoms with Crippen LogP contribution in [0.25, 0.3) is 0 Å². The molecule has 58 valence electrons. The van der Waals surface area contributed by atoms with Crippen LogP contribution >= 0.6 is 0 Å². The predicted octanol–water partition coefficient (Wildman–Crippen LogP) is 0.0980. The molecule has 0 saturated heterocycles. The fraction of sp³-hybridized carbons (Fsp3) is 0.667. The summed E-state index contributed by atoms with van der Waals surface area (Å²) in [5.74, 6) is -0.420. The molecule has 0 atom stereocenters. The molecule has 0 radical (unpaired) electrons. The van der Waals surface area contributed by atoms with Crippen LogP contribution in [-0.4, -0.2) is 19.0 Å². The van der Waals surface area contributed by atoms with Crippen molar-refractivity contribution in [3.05, 3.63) is 0 Å². The summed E-state index contributed by atoms with van der Waals surface area (Å²) in [5, 5.41) is 4.42. The van der Waals surface area contributed by atoms with Crippen LogP contribution in [0.5, 0.6) is 0 Å². The molecule has 0 aliphatic rings. The molecule has 0 aliphatic heterocycles. The van der Waals surface area contributed by atoms with E-state index in [9.17, 15) is 9.59 Å². The molecule has 4 nitrogen and oxygen atoms in total. The molecule has 0 aromatic rings. The van der Waals surface area contributed by atoms with Crippen LogP contribution in [-0.2, 0) is 4.79 Å². The Kier molecular flexibility index (Phi) is 3.46. The highest BCUT2D eigenvalue weighted by Gasteiger charge is 2.08. The van der Waals surface area contributed by atoms with Gasteiger partial charge < -0.3 is 5.32 Å². The summed E-state index contributed by atoms with van der Waals surface area (Å²) in [6.07, 6.45) is 0. The van der Waals surface area contributed by atoms with Gasteiger partial charge in [0.2, 0.25) is 5.91 Å². The first-order valence-corrected chi connectivity index (χ1v) is 3.10. The second kappa shape index (κ2) is 3.87. The molecule has 0 spiro atoms. The Morgan fingerprint density at radius 2 is 1.80 bits per heavy atom. The maximum atomic E-state index is 10.7. The van der Waals surface area contributed by atoms with Crippen molar-refractivity contribution < 1.29 is 9.59 Å². The Morgan fingerprint density at radius 1 is 1.30 bits per heavy atom. The Morgan fingerprint density at radius 3 is 2.10 bits per heavy atom. The molecule has 0 saturated carbocycles. The van der Waals surface area contributed by atoms with Gasteiger partial charge in [0.25, 0.3) is 0 Å². The minimum Gasteiger partial charge on any atom is -0.341 e. The summed E-state index contributed by atoms with van der Waals surface area (Å²) >= 11 is 0. The van der Waals surface area contributed by atoms with Gasteiger partial charge in [-0.1, -0.05) is 13.8 Å². The largest absolute Gasteiger partial charge is 0.341 e.